The first-order valence-electron chi connectivity index (χ1n) is 10.3. The molecule has 2 atom stereocenters. The fourth-order valence-electron chi connectivity index (χ4n) is 4.08. The van der Waals surface area contributed by atoms with E-state index < -0.39 is 0 Å². The third-order valence-electron chi connectivity index (χ3n) is 5.47. The van der Waals surface area contributed by atoms with Gasteiger partial charge in [0.25, 0.3) is 0 Å². The molecule has 0 fully saturated rings. The van der Waals surface area contributed by atoms with Crippen LogP contribution in [0.25, 0.3) is 0 Å². The highest BCUT2D eigenvalue weighted by Crippen LogP contribution is 2.48. The minimum absolute atomic E-state index is 0.100. The maximum absolute atomic E-state index is 6.41. The van der Waals surface area contributed by atoms with Crippen LogP contribution in [0.5, 0.6) is 11.5 Å². The molecule has 0 spiro atoms. The van der Waals surface area contributed by atoms with Crippen LogP contribution in [0.15, 0.2) is 76.3 Å². The largest absolute Gasteiger partial charge is 0.491 e. The van der Waals surface area contributed by atoms with Gasteiger partial charge in [-0.15, -0.1) is 0 Å². The lowest BCUT2D eigenvalue weighted by molar-refractivity contribution is -0.0190. The van der Waals surface area contributed by atoms with Crippen molar-refractivity contribution in [2.75, 3.05) is 0 Å². The summed E-state index contributed by atoms with van der Waals surface area (Å²) in [7, 11) is 0. The molecular weight excluding hydrogens is 476 g/mol. The highest BCUT2D eigenvalue weighted by Gasteiger charge is 2.41. The molecule has 5 rings (SSSR count). The van der Waals surface area contributed by atoms with E-state index in [9.17, 15) is 0 Å². The summed E-state index contributed by atoms with van der Waals surface area (Å²) in [5, 5.41) is 7.79. The van der Waals surface area contributed by atoms with Crippen molar-refractivity contribution in [1.82, 2.24) is 5.01 Å². The predicted molar refractivity (Wildman–Crippen MR) is 127 cm³/mol. The Kier molecular flexibility index (Phi) is 5.40. The van der Waals surface area contributed by atoms with Gasteiger partial charge in [0, 0.05) is 27.0 Å². The molecule has 0 saturated carbocycles. The molecule has 158 valence electrons. The van der Waals surface area contributed by atoms with Crippen molar-refractivity contribution in [3.63, 3.8) is 0 Å². The highest BCUT2D eigenvalue weighted by atomic mass is 79.9. The first kappa shape index (κ1) is 20.4. The van der Waals surface area contributed by atoms with Crippen molar-refractivity contribution < 1.29 is 9.47 Å². The van der Waals surface area contributed by atoms with Crippen molar-refractivity contribution in [3.05, 3.63) is 92.9 Å². The molecule has 2 aliphatic heterocycles. The highest BCUT2D eigenvalue weighted by molar-refractivity contribution is 9.10. The van der Waals surface area contributed by atoms with Crippen molar-refractivity contribution in [2.24, 2.45) is 5.10 Å². The second-order valence-corrected chi connectivity index (χ2v) is 9.39. The molecule has 0 aliphatic carbocycles. The number of rotatable bonds is 4. The lowest BCUT2D eigenvalue weighted by Crippen LogP contribution is -2.33. The molecule has 31 heavy (non-hydrogen) atoms. The zero-order valence-corrected chi connectivity index (χ0v) is 19.6. The molecule has 6 heteroatoms. The third-order valence-corrected chi connectivity index (χ3v) is 6.21. The summed E-state index contributed by atoms with van der Waals surface area (Å²) in [6.07, 6.45) is 0.647. The quantitative estimate of drug-likeness (QED) is 0.384. The van der Waals surface area contributed by atoms with E-state index in [0.29, 0.717) is 5.02 Å². The number of fused-ring (bicyclic) bond motifs is 3. The van der Waals surface area contributed by atoms with Gasteiger partial charge < -0.3 is 9.47 Å². The molecule has 0 aromatic heterocycles. The second kappa shape index (κ2) is 8.21. The molecule has 0 bridgehead atoms. The predicted octanol–water partition coefficient (Wildman–Crippen LogP) is 7.13. The molecule has 0 amide bonds. The molecular formula is C25H22BrClN2O2. The molecule has 2 heterocycles. The monoisotopic (exact) mass is 496 g/mol. The summed E-state index contributed by atoms with van der Waals surface area (Å²) in [5.74, 6) is 1.76. The fourth-order valence-corrected chi connectivity index (χ4v) is 4.58. The Morgan fingerprint density at radius 1 is 1.06 bits per heavy atom. The number of hydrogen-bond acceptors (Lipinski definition) is 4. The molecule has 0 unspecified atom stereocenters. The number of hydrazone groups is 1. The summed E-state index contributed by atoms with van der Waals surface area (Å²) in [5.41, 5.74) is 4.29. The summed E-state index contributed by atoms with van der Waals surface area (Å²) in [4.78, 5) is 0. The van der Waals surface area contributed by atoms with Gasteiger partial charge in [-0.3, -0.25) is 0 Å². The van der Waals surface area contributed by atoms with Crippen LogP contribution < -0.4 is 9.47 Å². The van der Waals surface area contributed by atoms with Crippen LogP contribution in [0, 0.1) is 0 Å². The molecule has 3 aromatic carbocycles. The van der Waals surface area contributed by atoms with Gasteiger partial charge in [0.05, 0.1) is 17.9 Å². The fraction of sp³-hybridized carbons (Fsp3) is 0.240. The van der Waals surface area contributed by atoms with E-state index in [1.54, 1.807) is 0 Å². The van der Waals surface area contributed by atoms with Crippen LogP contribution in [0.4, 0.5) is 0 Å². The Hall–Kier alpha value is -2.50. The summed E-state index contributed by atoms with van der Waals surface area (Å²) in [6, 6.07) is 22.2. The van der Waals surface area contributed by atoms with Crippen molar-refractivity contribution in [3.8, 4) is 11.5 Å². The third kappa shape index (κ3) is 4.04. The minimum Gasteiger partial charge on any atom is -0.491 e. The summed E-state index contributed by atoms with van der Waals surface area (Å²) < 4.78 is 13.2. The van der Waals surface area contributed by atoms with E-state index in [-0.39, 0.29) is 18.4 Å². The number of benzene rings is 3. The van der Waals surface area contributed by atoms with Gasteiger partial charge in [0.2, 0.25) is 6.23 Å². The lowest BCUT2D eigenvalue weighted by Gasteiger charge is -2.38. The Balaban J connectivity index is 1.52. The number of ether oxygens (including phenoxy) is 2. The average molecular weight is 498 g/mol. The normalized spacial score (nSPS) is 19.5. The standard InChI is InChI=1S/C25H22BrClN2O2/c1-15(2)30-20-10-5-16(6-11-20)22-14-23-21-13-18(26)7-12-24(21)31-25(29(23)28-22)17-3-8-19(27)9-4-17/h3-13,15,23,25H,14H2,1-2H3/t23-,25-/m0/s1. The van der Waals surface area contributed by atoms with Crippen LogP contribution in [0.2, 0.25) is 5.02 Å². The Morgan fingerprint density at radius 2 is 1.81 bits per heavy atom. The van der Waals surface area contributed by atoms with Crippen LogP contribution in [0.1, 0.15) is 49.2 Å². The Bertz CT molecular complexity index is 1130. The maximum Gasteiger partial charge on any atom is 0.213 e. The molecule has 0 saturated heterocycles. The Morgan fingerprint density at radius 3 is 2.52 bits per heavy atom. The van der Waals surface area contributed by atoms with E-state index in [4.69, 9.17) is 26.2 Å². The van der Waals surface area contributed by atoms with Crippen LogP contribution in [-0.2, 0) is 0 Å². The van der Waals surface area contributed by atoms with Gasteiger partial charge in [-0.25, -0.2) is 5.01 Å². The van der Waals surface area contributed by atoms with Crippen LogP contribution in [0.3, 0.4) is 0 Å². The van der Waals surface area contributed by atoms with E-state index >= 15 is 0 Å². The van der Waals surface area contributed by atoms with Crippen LogP contribution >= 0.6 is 27.5 Å². The maximum atomic E-state index is 6.41. The van der Waals surface area contributed by atoms with Crippen LogP contribution in [-0.4, -0.2) is 16.8 Å². The average Bonchev–Trinajstić information content (AvgIpc) is 3.20. The number of nitrogens with zero attached hydrogens (tertiary/aromatic N) is 2. The van der Waals surface area contributed by atoms with Gasteiger partial charge in [-0.2, -0.15) is 5.10 Å². The lowest BCUT2D eigenvalue weighted by atomic mass is 9.96. The van der Waals surface area contributed by atoms with E-state index in [1.165, 1.54) is 0 Å². The topological polar surface area (TPSA) is 34.1 Å². The van der Waals surface area contributed by atoms with Crippen molar-refractivity contribution in [2.45, 2.75) is 38.6 Å². The summed E-state index contributed by atoms with van der Waals surface area (Å²) in [6.45, 7) is 4.05. The smallest absolute Gasteiger partial charge is 0.213 e. The van der Waals surface area contributed by atoms with Gasteiger partial charge in [0.1, 0.15) is 11.5 Å². The van der Waals surface area contributed by atoms with Gasteiger partial charge in [-0.05, 0) is 74.0 Å². The van der Waals surface area contributed by atoms with Gasteiger partial charge in [0.15, 0.2) is 0 Å². The van der Waals surface area contributed by atoms with E-state index in [0.717, 1.165) is 44.8 Å². The summed E-state index contributed by atoms with van der Waals surface area (Å²) >= 11 is 9.71. The van der Waals surface area contributed by atoms with Crippen molar-refractivity contribution in [1.29, 1.82) is 0 Å². The zero-order valence-electron chi connectivity index (χ0n) is 17.3. The number of halogens is 2. The molecule has 4 nitrogen and oxygen atoms in total. The SMILES string of the molecule is CC(C)Oc1ccc(C2=NN3[C@@H](C2)c2cc(Br)ccc2O[C@H]3c2ccc(Cl)cc2)cc1. The molecule has 2 aliphatic rings. The number of hydrogen-bond donors (Lipinski definition) is 0. The van der Waals surface area contributed by atoms with E-state index in [1.807, 2.05) is 62.4 Å². The zero-order chi connectivity index (χ0) is 21.5. The first-order valence-corrected chi connectivity index (χ1v) is 11.5. The second-order valence-electron chi connectivity index (χ2n) is 8.04. The Labute approximate surface area is 195 Å². The molecule has 0 radical (unpaired) electrons. The van der Waals surface area contributed by atoms with Gasteiger partial charge in [-0.1, -0.05) is 39.7 Å². The molecule has 0 N–H and O–H groups in total. The van der Waals surface area contributed by atoms with E-state index in [2.05, 4.69) is 39.1 Å². The minimum atomic E-state index is -0.308. The van der Waals surface area contributed by atoms with Crippen molar-refractivity contribution >= 4 is 33.2 Å². The first-order chi connectivity index (χ1) is 15.0. The van der Waals surface area contributed by atoms with Gasteiger partial charge >= 0.3 is 0 Å². The molecule has 3 aromatic rings.